The van der Waals surface area contributed by atoms with Crippen molar-refractivity contribution in [3.05, 3.63) is 83.4 Å². The highest BCUT2D eigenvalue weighted by Crippen LogP contribution is 2.31. The predicted molar refractivity (Wildman–Crippen MR) is 109 cm³/mol. The van der Waals surface area contributed by atoms with Crippen molar-refractivity contribution in [3.8, 4) is 29.2 Å². The molecular weight excluding hydrogens is 366 g/mol. The lowest BCUT2D eigenvalue weighted by Gasteiger charge is -2.14. The number of imide groups is 1. The fourth-order valence-corrected chi connectivity index (χ4v) is 3.13. The molecule has 2 amide bonds. The number of amides is 2. The van der Waals surface area contributed by atoms with Crippen LogP contribution >= 0.6 is 0 Å². The lowest BCUT2D eigenvalue weighted by atomic mass is 9.95. The van der Waals surface area contributed by atoms with E-state index in [4.69, 9.17) is 11.2 Å². The van der Waals surface area contributed by atoms with Gasteiger partial charge < -0.3 is 4.74 Å². The molecule has 0 bridgehead atoms. The van der Waals surface area contributed by atoms with Crippen LogP contribution in [0.1, 0.15) is 33.2 Å². The van der Waals surface area contributed by atoms with Gasteiger partial charge >= 0.3 is 5.97 Å². The number of benzene rings is 3. The standard InChI is InChI=1S/C18H11NO4.C6H4/c1-3-12-5-4-6-15-16(12)18(22)19(17(15)21)13-7-9-14(10-8-13)23-11(2)20;1-2-6-4-3-5(1)6/h1,4-10H,2H3;1-4H. The van der Waals surface area contributed by atoms with Crippen molar-refractivity contribution in [3.63, 3.8) is 0 Å². The van der Waals surface area contributed by atoms with Crippen molar-refractivity contribution < 1.29 is 19.1 Å². The van der Waals surface area contributed by atoms with Crippen LogP contribution in [0.15, 0.2) is 66.7 Å². The molecule has 1 heterocycles. The number of carbonyl (C=O) groups is 3. The molecule has 0 spiro atoms. The zero-order valence-electron chi connectivity index (χ0n) is 15.5. The summed E-state index contributed by atoms with van der Waals surface area (Å²) in [5, 5.41) is 0. The minimum absolute atomic E-state index is 0.240. The minimum Gasteiger partial charge on any atom is -0.427 e. The Kier molecular flexibility index (Phi) is 4.46. The summed E-state index contributed by atoms with van der Waals surface area (Å²) in [6.45, 7) is 1.29. The van der Waals surface area contributed by atoms with Gasteiger partial charge in [0.1, 0.15) is 5.75 Å². The summed E-state index contributed by atoms with van der Waals surface area (Å²) >= 11 is 0. The molecule has 140 valence electrons. The number of nitrogens with zero attached hydrogens (tertiary/aromatic N) is 1. The molecular formula is C24H15NO4. The van der Waals surface area contributed by atoms with Gasteiger partial charge in [-0.05, 0) is 47.5 Å². The van der Waals surface area contributed by atoms with Gasteiger partial charge in [-0.2, -0.15) is 0 Å². The van der Waals surface area contributed by atoms with Gasteiger partial charge in [0.15, 0.2) is 0 Å². The molecule has 5 heteroatoms. The van der Waals surface area contributed by atoms with Gasteiger partial charge in [0, 0.05) is 12.5 Å². The molecule has 1 aliphatic heterocycles. The Balaban J connectivity index is 0.000000286. The first-order valence-electron chi connectivity index (χ1n) is 8.87. The topological polar surface area (TPSA) is 63.7 Å². The average Bonchev–Trinajstić information content (AvgIpc) is 2.96. The van der Waals surface area contributed by atoms with Gasteiger partial charge in [0.2, 0.25) is 0 Å². The zero-order chi connectivity index (χ0) is 20.5. The molecule has 3 aliphatic rings. The van der Waals surface area contributed by atoms with E-state index >= 15 is 0 Å². The molecule has 29 heavy (non-hydrogen) atoms. The molecule has 2 aromatic rings. The van der Waals surface area contributed by atoms with Crippen molar-refractivity contribution in [2.75, 3.05) is 4.90 Å². The maximum atomic E-state index is 12.6. The number of esters is 1. The maximum absolute atomic E-state index is 12.6. The van der Waals surface area contributed by atoms with E-state index in [9.17, 15) is 14.4 Å². The first-order valence-corrected chi connectivity index (χ1v) is 8.87. The number of anilines is 1. The van der Waals surface area contributed by atoms with Crippen LogP contribution in [0.4, 0.5) is 5.69 Å². The van der Waals surface area contributed by atoms with E-state index in [1.165, 1.54) is 42.3 Å². The van der Waals surface area contributed by atoms with Gasteiger partial charge in [-0.3, -0.25) is 14.4 Å². The third-order valence-corrected chi connectivity index (χ3v) is 4.65. The lowest BCUT2D eigenvalue weighted by molar-refractivity contribution is -0.131. The van der Waals surface area contributed by atoms with E-state index in [0.29, 0.717) is 17.0 Å². The summed E-state index contributed by atoms with van der Waals surface area (Å²) in [5.41, 5.74) is 4.15. The summed E-state index contributed by atoms with van der Waals surface area (Å²) in [4.78, 5) is 37.0. The van der Waals surface area contributed by atoms with E-state index in [1.807, 2.05) is 0 Å². The Morgan fingerprint density at radius 3 is 2.00 bits per heavy atom. The second kappa shape index (κ2) is 7.10. The van der Waals surface area contributed by atoms with Crippen LogP contribution in [0.3, 0.4) is 0 Å². The van der Waals surface area contributed by atoms with E-state index < -0.39 is 17.8 Å². The largest absolute Gasteiger partial charge is 0.427 e. The third-order valence-electron chi connectivity index (χ3n) is 4.65. The lowest BCUT2D eigenvalue weighted by Crippen LogP contribution is -2.29. The van der Waals surface area contributed by atoms with E-state index in [-0.39, 0.29) is 11.1 Å². The van der Waals surface area contributed by atoms with Crippen molar-refractivity contribution in [2.45, 2.75) is 6.92 Å². The smallest absolute Gasteiger partial charge is 0.308 e. The summed E-state index contributed by atoms with van der Waals surface area (Å²) in [6, 6.07) is 19.4. The molecule has 2 aliphatic carbocycles. The monoisotopic (exact) mass is 381 g/mol. The van der Waals surface area contributed by atoms with Gasteiger partial charge in [-0.25, -0.2) is 4.90 Å². The first kappa shape index (κ1) is 18.2. The van der Waals surface area contributed by atoms with Gasteiger partial charge in [-0.15, -0.1) is 6.42 Å². The number of terminal acetylenes is 1. The number of fused-ring (bicyclic) bond motifs is 2. The molecule has 0 N–H and O–H groups in total. The molecule has 0 radical (unpaired) electrons. The summed E-state index contributed by atoms with van der Waals surface area (Å²) < 4.78 is 4.93. The molecule has 0 saturated heterocycles. The SMILES string of the molecule is C#Cc1cccc2c1C(=O)N(c1ccc(OC(C)=O)cc1)C2=O.c1cc2ccc1-2. The summed E-state index contributed by atoms with van der Waals surface area (Å²) in [5.74, 6) is 1.42. The van der Waals surface area contributed by atoms with Crippen molar-refractivity contribution in [1.82, 2.24) is 0 Å². The fraction of sp³-hybridized carbons (Fsp3) is 0.0417. The van der Waals surface area contributed by atoms with E-state index in [2.05, 4.69) is 30.2 Å². The number of rotatable bonds is 2. The minimum atomic E-state index is -0.459. The normalized spacial score (nSPS) is 12.5. The number of hydrogen-bond acceptors (Lipinski definition) is 4. The van der Waals surface area contributed by atoms with Crippen LogP contribution < -0.4 is 9.64 Å². The molecule has 5 nitrogen and oxygen atoms in total. The van der Waals surface area contributed by atoms with Crippen LogP contribution in [0.2, 0.25) is 0 Å². The van der Waals surface area contributed by atoms with Crippen LogP contribution in [0, 0.1) is 12.3 Å². The molecule has 0 fully saturated rings. The van der Waals surface area contributed by atoms with Crippen molar-refractivity contribution >= 4 is 23.5 Å². The number of carbonyl (C=O) groups excluding carboxylic acids is 3. The van der Waals surface area contributed by atoms with Crippen LogP contribution in [-0.2, 0) is 4.79 Å². The van der Waals surface area contributed by atoms with Gasteiger partial charge in [0.25, 0.3) is 11.8 Å². The highest BCUT2D eigenvalue weighted by molar-refractivity contribution is 6.35. The summed E-state index contributed by atoms with van der Waals surface area (Å²) in [6.07, 6.45) is 5.40. The maximum Gasteiger partial charge on any atom is 0.308 e. The van der Waals surface area contributed by atoms with Crippen LogP contribution in [0.25, 0.3) is 11.1 Å². The number of ether oxygens (including phenoxy) is 1. The highest BCUT2D eigenvalue weighted by Gasteiger charge is 2.38. The molecule has 0 atom stereocenters. The third kappa shape index (κ3) is 3.17. The highest BCUT2D eigenvalue weighted by atomic mass is 16.5. The average molecular weight is 381 g/mol. The Morgan fingerprint density at radius 2 is 1.52 bits per heavy atom. The molecule has 0 unspecified atom stereocenters. The molecule has 0 aromatic heterocycles. The summed E-state index contributed by atoms with van der Waals surface area (Å²) in [7, 11) is 0. The van der Waals surface area contributed by atoms with Crippen LogP contribution in [0.5, 0.6) is 5.75 Å². The van der Waals surface area contributed by atoms with E-state index in [0.717, 1.165) is 4.90 Å². The predicted octanol–water partition coefficient (Wildman–Crippen LogP) is 4.06. The Bertz CT molecular complexity index is 1160. The van der Waals surface area contributed by atoms with Crippen LogP contribution in [-0.4, -0.2) is 17.8 Å². The van der Waals surface area contributed by atoms with Gasteiger partial charge in [0.05, 0.1) is 16.8 Å². The Morgan fingerprint density at radius 1 is 0.897 bits per heavy atom. The van der Waals surface area contributed by atoms with Gasteiger partial charge in [-0.1, -0.05) is 36.3 Å². The second-order valence-electron chi connectivity index (χ2n) is 6.48. The fourth-order valence-electron chi connectivity index (χ4n) is 3.13. The quantitative estimate of drug-likeness (QED) is 0.227. The molecule has 5 rings (SSSR count). The molecule has 2 aromatic carbocycles. The number of hydrogen-bond donors (Lipinski definition) is 0. The Labute approximate surface area is 167 Å². The van der Waals surface area contributed by atoms with Crippen molar-refractivity contribution in [2.24, 2.45) is 0 Å². The second-order valence-corrected chi connectivity index (χ2v) is 6.48. The van der Waals surface area contributed by atoms with E-state index in [1.54, 1.807) is 18.2 Å². The zero-order valence-corrected chi connectivity index (χ0v) is 15.5. The molecule has 0 saturated carbocycles. The van der Waals surface area contributed by atoms with Crippen molar-refractivity contribution in [1.29, 1.82) is 0 Å². The first-order chi connectivity index (χ1) is 14.0. The Hall–Kier alpha value is -4.17.